The number of hydrogen-bond donors (Lipinski definition) is 1. The van der Waals surface area contributed by atoms with Crippen LogP contribution in [0.2, 0.25) is 0 Å². The van der Waals surface area contributed by atoms with Gasteiger partial charge < -0.3 is 5.32 Å². The molecule has 3 aromatic rings. The first kappa shape index (κ1) is 23.2. The Bertz CT molecular complexity index is 1020. The van der Waals surface area contributed by atoms with E-state index in [2.05, 4.69) is 60.7 Å². The standard InChI is InChI=1S/C21H20I2N4O2S/c1-14(28)24-12-2-3-20-25-26-21(27(20)18-10-8-17(23)9-11-18)30-13-19(29)15-4-6-16(22)7-5-15/h4-11H,2-3,12-13H2,1H3,(H,24,28). The summed E-state index contributed by atoms with van der Waals surface area (Å²) in [5.74, 6) is 1.11. The van der Waals surface area contributed by atoms with Crippen LogP contribution in [0.15, 0.2) is 53.7 Å². The maximum atomic E-state index is 12.6. The maximum absolute atomic E-state index is 12.6. The van der Waals surface area contributed by atoms with E-state index in [0.717, 1.165) is 25.1 Å². The zero-order chi connectivity index (χ0) is 21.5. The second-order valence-corrected chi connectivity index (χ2v) is 9.95. The van der Waals surface area contributed by atoms with Crippen molar-refractivity contribution in [3.05, 3.63) is 67.1 Å². The molecule has 0 spiro atoms. The number of carbonyl (C=O) groups excluding carboxylic acids is 2. The van der Waals surface area contributed by atoms with E-state index in [4.69, 9.17) is 0 Å². The van der Waals surface area contributed by atoms with Gasteiger partial charge in [-0.05, 0) is 88.0 Å². The smallest absolute Gasteiger partial charge is 0.216 e. The zero-order valence-electron chi connectivity index (χ0n) is 16.3. The van der Waals surface area contributed by atoms with E-state index in [-0.39, 0.29) is 17.4 Å². The van der Waals surface area contributed by atoms with Gasteiger partial charge in [-0.25, -0.2) is 0 Å². The molecule has 1 N–H and O–H groups in total. The predicted octanol–water partition coefficient (Wildman–Crippen LogP) is 4.52. The number of halogens is 2. The van der Waals surface area contributed by atoms with Crippen molar-refractivity contribution in [2.24, 2.45) is 0 Å². The lowest BCUT2D eigenvalue weighted by Gasteiger charge is -2.10. The first-order valence-electron chi connectivity index (χ1n) is 9.30. The number of Topliss-reactive ketones (excluding diaryl/α,β-unsaturated/α-hetero) is 1. The Morgan fingerprint density at radius 2 is 1.63 bits per heavy atom. The highest BCUT2D eigenvalue weighted by atomic mass is 127. The van der Waals surface area contributed by atoms with Gasteiger partial charge >= 0.3 is 0 Å². The number of aromatic nitrogens is 3. The van der Waals surface area contributed by atoms with Crippen LogP contribution in [0.4, 0.5) is 0 Å². The summed E-state index contributed by atoms with van der Waals surface area (Å²) in [5, 5.41) is 12.2. The molecule has 1 aromatic heterocycles. The Morgan fingerprint density at radius 3 is 2.27 bits per heavy atom. The van der Waals surface area contributed by atoms with Gasteiger partial charge in [0.05, 0.1) is 5.75 Å². The molecule has 2 aromatic carbocycles. The summed E-state index contributed by atoms with van der Waals surface area (Å²) in [4.78, 5) is 23.7. The molecule has 0 saturated heterocycles. The number of nitrogens with zero attached hydrogens (tertiary/aromatic N) is 3. The third-order valence-corrected chi connectivity index (χ3v) is 6.60. The van der Waals surface area contributed by atoms with Crippen molar-refractivity contribution in [2.75, 3.05) is 12.3 Å². The van der Waals surface area contributed by atoms with Crippen molar-refractivity contribution >= 4 is 68.6 Å². The molecule has 1 amide bonds. The predicted molar refractivity (Wildman–Crippen MR) is 135 cm³/mol. The van der Waals surface area contributed by atoms with Crippen molar-refractivity contribution in [1.29, 1.82) is 0 Å². The molecular weight excluding hydrogens is 626 g/mol. The Morgan fingerprint density at radius 1 is 1.00 bits per heavy atom. The highest BCUT2D eigenvalue weighted by molar-refractivity contribution is 14.1. The minimum absolute atomic E-state index is 0.0422. The lowest BCUT2D eigenvalue weighted by atomic mass is 10.2. The highest BCUT2D eigenvalue weighted by Crippen LogP contribution is 2.24. The van der Waals surface area contributed by atoms with E-state index < -0.39 is 0 Å². The molecule has 1 heterocycles. The molecule has 0 radical (unpaired) electrons. The summed E-state index contributed by atoms with van der Waals surface area (Å²) in [6.07, 6.45) is 1.43. The van der Waals surface area contributed by atoms with E-state index in [1.54, 1.807) is 0 Å². The Balaban J connectivity index is 1.77. The van der Waals surface area contributed by atoms with Crippen LogP contribution in [0.5, 0.6) is 0 Å². The van der Waals surface area contributed by atoms with E-state index in [0.29, 0.717) is 23.7 Å². The fourth-order valence-corrected chi connectivity index (χ4v) is 4.35. The van der Waals surface area contributed by atoms with Gasteiger partial charge in [0, 0.05) is 38.3 Å². The number of aryl methyl sites for hydroxylation is 1. The summed E-state index contributed by atoms with van der Waals surface area (Å²) in [5.41, 5.74) is 1.65. The quantitative estimate of drug-likeness (QED) is 0.160. The summed E-state index contributed by atoms with van der Waals surface area (Å²) < 4.78 is 4.23. The van der Waals surface area contributed by atoms with Gasteiger partial charge in [0.2, 0.25) is 5.91 Å². The number of thioether (sulfide) groups is 1. The molecule has 0 aliphatic heterocycles. The van der Waals surface area contributed by atoms with Crippen molar-refractivity contribution in [3.8, 4) is 5.69 Å². The van der Waals surface area contributed by atoms with Gasteiger partial charge in [0.1, 0.15) is 5.82 Å². The Kier molecular flexibility index (Phi) is 8.69. The van der Waals surface area contributed by atoms with Gasteiger partial charge in [-0.1, -0.05) is 23.9 Å². The van der Waals surface area contributed by atoms with Crippen LogP contribution in [0.25, 0.3) is 5.69 Å². The summed E-state index contributed by atoms with van der Waals surface area (Å²) in [6, 6.07) is 15.7. The number of ketones is 1. The molecular formula is C21H20I2N4O2S. The lowest BCUT2D eigenvalue weighted by Crippen LogP contribution is -2.21. The monoisotopic (exact) mass is 646 g/mol. The van der Waals surface area contributed by atoms with Gasteiger partial charge in [-0.3, -0.25) is 14.2 Å². The van der Waals surface area contributed by atoms with E-state index in [9.17, 15) is 9.59 Å². The third-order valence-electron chi connectivity index (χ3n) is 4.23. The number of hydrogen-bond acceptors (Lipinski definition) is 5. The molecule has 0 atom stereocenters. The van der Waals surface area contributed by atoms with Crippen LogP contribution in [0.3, 0.4) is 0 Å². The van der Waals surface area contributed by atoms with Gasteiger partial charge in [-0.15, -0.1) is 10.2 Å². The minimum Gasteiger partial charge on any atom is -0.356 e. The minimum atomic E-state index is -0.0422. The second-order valence-electron chi connectivity index (χ2n) is 6.52. The fourth-order valence-electron chi connectivity index (χ4n) is 2.77. The van der Waals surface area contributed by atoms with E-state index in [1.165, 1.54) is 18.7 Å². The van der Waals surface area contributed by atoms with E-state index in [1.807, 2.05) is 53.1 Å². The fraction of sp³-hybridized carbons (Fsp3) is 0.238. The highest BCUT2D eigenvalue weighted by Gasteiger charge is 2.16. The summed E-state index contributed by atoms with van der Waals surface area (Å²) in [6.45, 7) is 2.09. The Hall–Kier alpha value is -1.47. The molecule has 0 bridgehead atoms. The molecule has 0 fully saturated rings. The van der Waals surface area contributed by atoms with Crippen LogP contribution in [-0.4, -0.2) is 38.8 Å². The van der Waals surface area contributed by atoms with Gasteiger partial charge in [-0.2, -0.15) is 0 Å². The van der Waals surface area contributed by atoms with Gasteiger partial charge in [0.25, 0.3) is 0 Å². The third kappa shape index (κ3) is 6.51. The number of nitrogens with one attached hydrogen (secondary N) is 1. The average Bonchev–Trinajstić information content (AvgIpc) is 3.13. The van der Waals surface area contributed by atoms with Crippen LogP contribution in [0, 0.1) is 7.14 Å². The van der Waals surface area contributed by atoms with Crippen molar-refractivity contribution in [2.45, 2.75) is 24.9 Å². The van der Waals surface area contributed by atoms with Crippen LogP contribution < -0.4 is 5.32 Å². The number of amides is 1. The second kappa shape index (κ2) is 11.2. The molecule has 9 heteroatoms. The summed E-state index contributed by atoms with van der Waals surface area (Å²) in [7, 11) is 0. The van der Waals surface area contributed by atoms with Crippen LogP contribution in [0.1, 0.15) is 29.5 Å². The molecule has 156 valence electrons. The zero-order valence-corrected chi connectivity index (χ0v) is 21.4. The topological polar surface area (TPSA) is 76.9 Å². The normalized spacial score (nSPS) is 10.8. The first-order valence-corrected chi connectivity index (χ1v) is 12.4. The maximum Gasteiger partial charge on any atom is 0.216 e. The molecule has 30 heavy (non-hydrogen) atoms. The number of rotatable bonds is 9. The molecule has 0 saturated carbocycles. The van der Waals surface area contributed by atoms with Gasteiger partial charge in [0.15, 0.2) is 10.9 Å². The number of benzene rings is 2. The SMILES string of the molecule is CC(=O)NCCCc1nnc(SCC(=O)c2ccc(I)cc2)n1-c1ccc(I)cc1. The van der Waals surface area contributed by atoms with Crippen molar-refractivity contribution in [3.63, 3.8) is 0 Å². The average molecular weight is 646 g/mol. The Labute approximate surface area is 206 Å². The van der Waals surface area contributed by atoms with Crippen molar-refractivity contribution in [1.82, 2.24) is 20.1 Å². The lowest BCUT2D eigenvalue weighted by molar-refractivity contribution is -0.118. The number of carbonyl (C=O) groups is 2. The molecule has 0 unspecified atom stereocenters. The van der Waals surface area contributed by atoms with Crippen molar-refractivity contribution < 1.29 is 9.59 Å². The van der Waals surface area contributed by atoms with E-state index >= 15 is 0 Å². The van der Waals surface area contributed by atoms with Crippen LogP contribution >= 0.6 is 56.9 Å². The molecule has 0 aliphatic carbocycles. The molecule has 6 nitrogen and oxygen atoms in total. The first-order chi connectivity index (χ1) is 14.4. The summed E-state index contributed by atoms with van der Waals surface area (Å²) >= 11 is 5.87. The van der Waals surface area contributed by atoms with Crippen LogP contribution in [-0.2, 0) is 11.2 Å². The largest absolute Gasteiger partial charge is 0.356 e. The molecule has 0 aliphatic rings. The molecule has 3 rings (SSSR count).